The van der Waals surface area contributed by atoms with Crippen molar-refractivity contribution in [3.05, 3.63) is 29.8 Å². The first kappa shape index (κ1) is 16.3. The van der Waals surface area contributed by atoms with E-state index < -0.39 is 11.5 Å². The molecule has 1 aromatic rings. The van der Waals surface area contributed by atoms with Gasteiger partial charge in [-0.25, -0.2) is 4.79 Å². The number of carbonyl (C=O) groups excluding carboxylic acids is 1. The molecule has 1 aromatic carbocycles. The summed E-state index contributed by atoms with van der Waals surface area (Å²) in [7, 11) is 0. The first-order valence-electron chi connectivity index (χ1n) is 7.82. The Morgan fingerprint density at radius 2 is 1.82 bits per heavy atom. The molecule has 5 heteroatoms. The van der Waals surface area contributed by atoms with E-state index in [0.717, 1.165) is 30.6 Å². The van der Waals surface area contributed by atoms with Gasteiger partial charge in [-0.1, -0.05) is 31.4 Å². The SMILES string of the molecule is CCOc1ccc(CC(=O)NC2(C(=O)O)CCCCC2)cc1. The van der Waals surface area contributed by atoms with Crippen LogP contribution >= 0.6 is 0 Å². The maximum Gasteiger partial charge on any atom is 0.329 e. The molecule has 0 radical (unpaired) electrons. The predicted octanol–water partition coefficient (Wildman–Crippen LogP) is 2.53. The fraction of sp³-hybridized carbons (Fsp3) is 0.529. The highest BCUT2D eigenvalue weighted by Crippen LogP contribution is 2.28. The fourth-order valence-electron chi connectivity index (χ4n) is 2.91. The molecule has 0 atom stereocenters. The van der Waals surface area contributed by atoms with Crippen LogP contribution in [0, 0.1) is 0 Å². The van der Waals surface area contributed by atoms with Gasteiger partial charge in [0.15, 0.2) is 0 Å². The number of benzene rings is 1. The number of ether oxygens (including phenoxy) is 1. The highest BCUT2D eigenvalue weighted by Gasteiger charge is 2.40. The second kappa shape index (κ2) is 7.29. The van der Waals surface area contributed by atoms with Crippen LogP contribution in [0.3, 0.4) is 0 Å². The molecule has 0 saturated heterocycles. The molecule has 2 N–H and O–H groups in total. The van der Waals surface area contributed by atoms with E-state index in [4.69, 9.17) is 4.74 Å². The molecule has 0 aromatic heterocycles. The predicted molar refractivity (Wildman–Crippen MR) is 82.9 cm³/mol. The van der Waals surface area contributed by atoms with Crippen molar-refractivity contribution in [2.45, 2.75) is 51.0 Å². The van der Waals surface area contributed by atoms with Crippen LogP contribution in [-0.4, -0.2) is 29.1 Å². The quantitative estimate of drug-likeness (QED) is 0.847. The molecular formula is C17H23NO4. The Morgan fingerprint density at radius 1 is 1.18 bits per heavy atom. The Bertz CT molecular complexity index is 518. The summed E-state index contributed by atoms with van der Waals surface area (Å²) in [6.45, 7) is 2.51. The molecule has 2 rings (SSSR count). The zero-order valence-corrected chi connectivity index (χ0v) is 12.9. The van der Waals surface area contributed by atoms with Crippen molar-refractivity contribution in [1.82, 2.24) is 5.32 Å². The molecule has 0 spiro atoms. The highest BCUT2D eigenvalue weighted by atomic mass is 16.5. The van der Waals surface area contributed by atoms with Crippen molar-refractivity contribution in [2.24, 2.45) is 0 Å². The molecule has 120 valence electrons. The van der Waals surface area contributed by atoms with Gasteiger partial charge in [0.25, 0.3) is 0 Å². The maximum atomic E-state index is 12.2. The zero-order chi connectivity index (χ0) is 16.0. The smallest absolute Gasteiger partial charge is 0.329 e. The molecule has 0 aliphatic heterocycles. The van der Waals surface area contributed by atoms with E-state index in [-0.39, 0.29) is 12.3 Å². The van der Waals surface area contributed by atoms with Gasteiger partial charge in [0.1, 0.15) is 11.3 Å². The van der Waals surface area contributed by atoms with Crippen molar-refractivity contribution in [3.8, 4) is 5.75 Å². The van der Waals surface area contributed by atoms with E-state index in [9.17, 15) is 14.7 Å². The number of carbonyl (C=O) groups is 2. The van der Waals surface area contributed by atoms with Gasteiger partial charge in [-0.2, -0.15) is 0 Å². The molecule has 1 saturated carbocycles. The third kappa shape index (κ3) is 4.00. The van der Waals surface area contributed by atoms with Gasteiger partial charge >= 0.3 is 5.97 Å². The number of nitrogens with one attached hydrogen (secondary N) is 1. The number of carboxylic acids is 1. The van der Waals surface area contributed by atoms with Crippen LogP contribution in [-0.2, 0) is 16.0 Å². The van der Waals surface area contributed by atoms with Crippen LogP contribution in [0.4, 0.5) is 0 Å². The first-order valence-corrected chi connectivity index (χ1v) is 7.82. The van der Waals surface area contributed by atoms with Gasteiger partial charge in [-0.15, -0.1) is 0 Å². The molecule has 1 aliphatic carbocycles. The van der Waals surface area contributed by atoms with Crippen molar-refractivity contribution >= 4 is 11.9 Å². The average molecular weight is 305 g/mol. The monoisotopic (exact) mass is 305 g/mol. The molecule has 0 unspecified atom stereocenters. The number of rotatable bonds is 6. The number of carboxylic acid groups (broad SMARTS) is 1. The lowest BCUT2D eigenvalue weighted by atomic mass is 9.81. The fourth-order valence-corrected chi connectivity index (χ4v) is 2.91. The summed E-state index contributed by atoms with van der Waals surface area (Å²) in [5.74, 6) is -0.401. The molecule has 1 aliphatic rings. The van der Waals surface area contributed by atoms with E-state index in [1.165, 1.54) is 0 Å². The third-order valence-electron chi connectivity index (χ3n) is 4.09. The Balaban J connectivity index is 1.97. The summed E-state index contributed by atoms with van der Waals surface area (Å²) in [5.41, 5.74) is -0.238. The lowest BCUT2D eigenvalue weighted by Crippen LogP contribution is -2.55. The van der Waals surface area contributed by atoms with Gasteiger partial charge in [0, 0.05) is 0 Å². The van der Waals surface area contributed by atoms with E-state index in [1.54, 1.807) is 0 Å². The minimum absolute atomic E-state index is 0.182. The van der Waals surface area contributed by atoms with Gasteiger partial charge in [0.2, 0.25) is 5.91 Å². The average Bonchev–Trinajstić information content (AvgIpc) is 2.50. The van der Waals surface area contributed by atoms with Crippen molar-refractivity contribution in [1.29, 1.82) is 0 Å². The van der Waals surface area contributed by atoms with Gasteiger partial charge in [-0.05, 0) is 37.5 Å². The van der Waals surface area contributed by atoms with E-state index in [1.807, 2.05) is 31.2 Å². The van der Waals surface area contributed by atoms with Crippen molar-refractivity contribution in [3.63, 3.8) is 0 Å². The zero-order valence-electron chi connectivity index (χ0n) is 12.9. The Morgan fingerprint density at radius 3 is 2.36 bits per heavy atom. The van der Waals surface area contributed by atoms with Crippen LogP contribution in [0.15, 0.2) is 24.3 Å². The van der Waals surface area contributed by atoms with Crippen LogP contribution in [0.2, 0.25) is 0 Å². The lowest BCUT2D eigenvalue weighted by molar-refractivity contribution is -0.149. The molecule has 22 heavy (non-hydrogen) atoms. The number of hydrogen-bond donors (Lipinski definition) is 2. The second-order valence-electron chi connectivity index (χ2n) is 5.75. The molecule has 0 heterocycles. The van der Waals surface area contributed by atoms with Crippen molar-refractivity contribution < 1.29 is 19.4 Å². The summed E-state index contributed by atoms with van der Waals surface area (Å²) >= 11 is 0. The summed E-state index contributed by atoms with van der Waals surface area (Å²) in [6, 6.07) is 7.30. The minimum Gasteiger partial charge on any atom is -0.494 e. The van der Waals surface area contributed by atoms with Crippen LogP contribution < -0.4 is 10.1 Å². The minimum atomic E-state index is -1.08. The third-order valence-corrected chi connectivity index (χ3v) is 4.09. The Kier molecular flexibility index (Phi) is 5.41. The maximum absolute atomic E-state index is 12.2. The summed E-state index contributed by atoms with van der Waals surface area (Å²) in [5, 5.41) is 12.2. The summed E-state index contributed by atoms with van der Waals surface area (Å²) in [4.78, 5) is 23.7. The van der Waals surface area contributed by atoms with E-state index in [2.05, 4.69) is 5.32 Å². The van der Waals surface area contributed by atoms with E-state index >= 15 is 0 Å². The standard InChI is InChI=1S/C17H23NO4/c1-2-22-14-8-6-13(7-9-14)12-15(19)18-17(16(20)21)10-4-3-5-11-17/h6-9H,2-5,10-12H2,1H3,(H,18,19)(H,20,21). The van der Waals surface area contributed by atoms with Crippen LogP contribution in [0.25, 0.3) is 0 Å². The molecule has 1 fully saturated rings. The van der Waals surface area contributed by atoms with Gasteiger partial charge in [0.05, 0.1) is 13.0 Å². The largest absolute Gasteiger partial charge is 0.494 e. The number of amides is 1. The molecule has 5 nitrogen and oxygen atoms in total. The second-order valence-corrected chi connectivity index (χ2v) is 5.75. The number of aliphatic carboxylic acids is 1. The molecule has 0 bridgehead atoms. The van der Waals surface area contributed by atoms with Crippen LogP contribution in [0.5, 0.6) is 5.75 Å². The first-order chi connectivity index (χ1) is 10.6. The Labute approximate surface area is 130 Å². The van der Waals surface area contributed by atoms with Gasteiger partial charge in [-0.3, -0.25) is 4.79 Å². The van der Waals surface area contributed by atoms with Crippen LogP contribution in [0.1, 0.15) is 44.6 Å². The summed E-state index contributed by atoms with van der Waals surface area (Å²) < 4.78 is 5.36. The molecule has 1 amide bonds. The topological polar surface area (TPSA) is 75.6 Å². The van der Waals surface area contributed by atoms with E-state index in [0.29, 0.717) is 19.4 Å². The Hall–Kier alpha value is -2.04. The molecular weight excluding hydrogens is 282 g/mol. The normalized spacial score (nSPS) is 16.8. The number of hydrogen-bond acceptors (Lipinski definition) is 3. The van der Waals surface area contributed by atoms with Crippen molar-refractivity contribution in [2.75, 3.05) is 6.61 Å². The van der Waals surface area contributed by atoms with Gasteiger partial charge < -0.3 is 15.2 Å². The highest BCUT2D eigenvalue weighted by molar-refractivity contribution is 5.88. The lowest BCUT2D eigenvalue weighted by Gasteiger charge is -2.34. The summed E-state index contributed by atoms with van der Waals surface area (Å²) in [6.07, 6.45) is 3.92.